The summed E-state index contributed by atoms with van der Waals surface area (Å²) in [4.78, 5) is 22.6. The Labute approximate surface area is 246 Å². The number of carbonyl (C=O) groups is 1. The van der Waals surface area contributed by atoms with Gasteiger partial charge in [0.1, 0.15) is 17.0 Å². The summed E-state index contributed by atoms with van der Waals surface area (Å²) in [6, 6.07) is 12.7. The fourth-order valence-corrected chi connectivity index (χ4v) is 6.04. The number of halogens is 2. The molecule has 7 nitrogen and oxygen atoms in total. The molecule has 0 saturated heterocycles. The SMILES string of the molecule is CCCCCS(=O)(=O)NC(=O)c1ccc2nc(C)n(Cc3ccc(-c4ccc(Cl)s4)cc3Cl)c2n1.[Na]. The van der Waals surface area contributed by atoms with Gasteiger partial charge in [0.15, 0.2) is 5.65 Å². The van der Waals surface area contributed by atoms with E-state index in [1.54, 1.807) is 6.07 Å². The van der Waals surface area contributed by atoms with Gasteiger partial charge in [-0.2, -0.15) is 0 Å². The van der Waals surface area contributed by atoms with E-state index in [-0.39, 0.29) is 41.0 Å². The number of sulfonamides is 1. The fourth-order valence-electron chi connectivity index (χ4n) is 3.69. The number of carbonyl (C=O) groups excluding carboxylic acids is 1. The van der Waals surface area contributed by atoms with Crippen LogP contribution in [-0.4, -0.2) is 64.2 Å². The molecule has 1 aromatic carbocycles. The summed E-state index contributed by atoms with van der Waals surface area (Å²) in [7, 11) is -3.73. The second-order valence-corrected chi connectivity index (χ2v) is 12.1. The largest absolute Gasteiger partial charge is 0.308 e. The number of imidazole rings is 1. The molecule has 4 aromatic rings. The summed E-state index contributed by atoms with van der Waals surface area (Å²) in [6.07, 6.45) is 2.17. The van der Waals surface area contributed by atoms with E-state index in [1.165, 1.54) is 17.4 Å². The van der Waals surface area contributed by atoms with Crippen molar-refractivity contribution in [3.05, 3.63) is 68.9 Å². The Kier molecular flexibility index (Phi) is 10.0. The predicted octanol–water partition coefficient (Wildman–Crippen LogP) is 5.69. The topological polar surface area (TPSA) is 94.0 Å². The van der Waals surface area contributed by atoms with Gasteiger partial charge in [0, 0.05) is 39.5 Å². The van der Waals surface area contributed by atoms with Gasteiger partial charge >= 0.3 is 0 Å². The van der Waals surface area contributed by atoms with E-state index in [2.05, 4.69) is 14.7 Å². The Balaban J connectivity index is 0.00000361. The summed E-state index contributed by atoms with van der Waals surface area (Å²) in [5.41, 5.74) is 2.92. The molecule has 36 heavy (non-hydrogen) atoms. The molecule has 0 fully saturated rings. The molecular weight excluding hydrogens is 550 g/mol. The monoisotopic (exact) mass is 573 g/mol. The number of pyridine rings is 1. The van der Waals surface area contributed by atoms with E-state index in [1.807, 2.05) is 48.7 Å². The molecule has 1 N–H and O–H groups in total. The minimum atomic E-state index is -3.73. The van der Waals surface area contributed by atoms with Crippen molar-refractivity contribution in [1.82, 2.24) is 19.3 Å². The van der Waals surface area contributed by atoms with Crippen molar-refractivity contribution in [2.24, 2.45) is 0 Å². The van der Waals surface area contributed by atoms with E-state index in [0.717, 1.165) is 28.8 Å². The Hall–Kier alpha value is -1.46. The summed E-state index contributed by atoms with van der Waals surface area (Å²) < 4.78 is 29.1. The normalized spacial score (nSPS) is 11.4. The summed E-state index contributed by atoms with van der Waals surface area (Å²) in [5, 5.41) is 0.584. The summed E-state index contributed by atoms with van der Waals surface area (Å²) in [5.74, 6) is -0.161. The Morgan fingerprint density at radius 3 is 2.53 bits per heavy atom. The third-order valence-corrected chi connectivity index (χ3v) is 8.47. The van der Waals surface area contributed by atoms with Gasteiger partial charge in [0.05, 0.1) is 16.6 Å². The van der Waals surface area contributed by atoms with E-state index < -0.39 is 15.9 Å². The van der Waals surface area contributed by atoms with E-state index >= 15 is 0 Å². The molecule has 0 atom stereocenters. The van der Waals surface area contributed by atoms with Gasteiger partial charge in [-0.1, -0.05) is 55.1 Å². The maximum Gasteiger partial charge on any atom is 0.283 e. The zero-order valence-electron chi connectivity index (χ0n) is 20.2. The molecule has 185 valence electrons. The smallest absolute Gasteiger partial charge is 0.283 e. The van der Waals surface area contributed by atoms with E-state index in [0.29, 0.717) is 39.3 Å². The van der Waals surface area contributed by atoms with Crippen LogP contribution in [0.15, 0.2) is 42.5 Å². The fraction of sp³-hybridized carbons (Fsp3) is 0.292. The number of fused-ring (bicyclic) bond motifs is 1. The number of thiophene rings is 1. The number of aryl methyl sites for hydroxylation is 1. The van der Waals surface area contributed by atoms with E-state index in [4.69, 9.17) is 23.2 Å². The van der Waals surface area contributed by atoms with Gasteiger partial charge in [-0.3, -0.25) is 4.79 Å². The Bertz CT molecular complexity index is 1500. The van der Waals surface area contributed by atoms with E-state index in [9.17, 15) is 13.2 Å². The predicted molar refractivity (Wildman–Crippen MR) is 148 cm³/mol. The standard InChI is InChI=1S/C24H24Cl2N4O3S2.Na/c1-3-4-5-12-35(32,33)29-24(31)20-9-8-19-23(28-20)30(15(2)27-19)14-17-7-6-16(13-18(17)25)21-10-11-22(26)34-21;/h6-11,13H,3-5,12,14H2,1-2H3,(H,29,31);. The van der Waals surface area contributed by atoms with Crippen LogP contribution in [0.5, 0.6) is 0 Å². The second-order valence-electron chi connectivity index (χ2n) is 8.15. The van der Waals surface area contributed by atoms with Gasteiger partial charge in [0.25, 0.3) is 5.91 Å². The molecule has 1 amide bonds. The average molecular weight is 575 g/mol. The summed E-state index contributed by atoms with van der Waals surface area (Å²) in [6.45, 7) is 4.21. The number of aromatic nitrogens is 3. The van der Waals surface area contributed by atoms with Crippen molar-refractivity contribution in [3.8, 4) is 10.4 Å². The molecule has 0 aliphatic carbocycles. The first-order valence-electron chi connectivity index (χ1n) is 11.1. The van der Waals surface area contributed by atoms with Gasteiger partial charge in [-0.15, -0.1) is 11.3 Å². The van der Waals surface area contributed by atoms with Crippen LogP contribution in [0.2, 0.25) is 9.36 Å². The summed E-state index contributed by atoms with van der Waals surface area (Å²) >= 11 is 14.1. The maximum absolute atomic E-state index is 12.6. The Morgan fingerprint density at radius 1 is 1.08 bits per heavy atom. The zero-order chi connectivity index (χ0) is 25.2. The maximum atomic E-state index is 12.6. The number of nitrogens with zero attached hydrogens (tertiary/aromatic N) is 3. The number of nitrogens with one attached hydrogen (secondary N) is 1. The molecule has 12 heteroatoms. The number of benzene rings is 1. The molecule has 0 spiro atoms. The van der Waals surface area contributed by atoms with Crippen molar-refractivity contribution in [1.29, 1.82) is 0 Å². The van der Waals surface area contributed by atoms with Gasteiger partial charge in [0.2, 0.25) is 10.0 Å². The van der Waals surface area contributed by atoms with Crippen molar-refractivity contribution in [2.45, 2.75) is 39.7 Å². The Morgan fingerprint density at radius 2 is 1.86 bits per heavy atom. The van der Waals surface area contributed by atoms with Gasteiger partial charge < -0.3 is 4.57 Å². The number of unbranched alkanes of at least 4 members (excludes halogenated alkanes) is 2. The van der Waals surface area contributed by atoms with Crippen LogP contribution in [0.3, 0.4) is 0 Å². The molecule has 3 aromatic heterocycles. The minimum Gasteiger partial charge on any atom is -0.308 e. The second kappa shape index (κ2) is 12.4. The quantitative estimate of drug-likeness (QED) is 0.205. The molecule has 3 heterocycles. The molecule has 0 aliphatic heterocycles. The number of rotatable bonds is 9. The molecule has 4 rings (SSSR count). The van der Waals surface area contributed by atoms with Crippen LogP contribution in [0, 0.1) is 6.92 Å². The first-order valence-corrected chi connectivity index (χ1v) is 14.3. The average Bonchev–Trinajstić information content (AvgIpc) is 3.37. The van der Waals surface area contributed by atoms with Crippen molar-refractivity contribution < 1.29 is 13.2 Å². The van der Waals surface area contributed by atoms with Crippen LogP contribution in [-0.2, 0) is 16.6 Å². The minimum absolute atomic E-state index is 0. The zero-order valence-corrected chi connectivity index (χ0v) is 25.4. The van der Waals surface area contributed by atoms with Crippen LogP contribution in [0.1, 0.15) is 48.1 Å². The number of hydrogen-bond donors (Lipinski definition) is 1. The van der Waals surface area contributed by atoms with Crippen molar-refractivity contribution in [2.75, 3.05) is 5.75 Å². The molecule has 0 saturated carbocycles. The van der Waals surface area contributed by atoms with Crippen molar-refractivity contribution in [3.63, 3.8) is 0 Å². The van der Waals surface area contributed by atoms with Crippen molar-refractivity contribution >= 4 is 91.2 Å². The molecule has 1 radical (unpaired) electrons. The first-order chi connectivity index (χ1) is 16.7. The molecule has 0 aliphatic rings. The number of hydrogen-bond acceptors (Lipinski definition) is 6. The third-order valence-electron chi connectivity index (χ3n) is 5.52. The van der Waals surface area contributed by atoms with Crippen LogP contribution < -0.4 is 4.72 Å². The van der Waals surface area contributed by atoms with Crippen LogP contribution in [0.4, 0.5) is 0 Å². The van der Waals surface area contributed by atoms with Crippen LogP contribution >= 0.6 is 34.5 Å². The third kappa shape index (κ3) is 6.89. The van der Waals surface area contributed by atoms with Gasteiger partial charge in [-0.05, 0) is 54.8 Å². The van der Waals surface area contributed by atoms with Crippen LogP contribution in [0.25, 0.3) is 21.6 Å². The number of amides is 1. The first kappa shape index (κ1) is 29.1. The van der Waals surface area contributed by atoms with Gasteiger partial charge in [-0.25, -0.2) is 23.1 Å². The molecule has 0 bridgehead atoms. The molecule has 0 unspecified atom stereocenters. The molecular formula is C24H24Cl2N4NaO3S2.